The Morgan fingerprint density at radius 3 is 2.27 bits per heavy atom. The van der Waals surface area contributed by atoms with Crippen molar-refractivity contribution < 1.29 is 9.53 Å². The molecule has 5 nitrogen and oxygen atoms in total. The largest absolute Gasteiger partial charge is 0.489 e. The molecule has 3 N–H and O–H groups in total. The van der Waals surface area contributed by atoms with Crippen molar-refractivity contribution >= 4 is 11.6 Å². The minimum absolute atomic E-state index is 0.0220. The van der Waals surface area contributed by atoms with Gasteiger partial charge in [-0.2, -0.15) is 0 Å². The fraction of sp³-hybridized carbons (Fsp3) is 0.240. The van der Waals surface area contributed by atoms with Gasteiger partial charge in [-0.1, -0.05) is 60.7 Å². The number of carbonyl (C=O) groups excluding carboxylic acids is 1. The number of nitrogens with one attached hydrogen (secondary N) is 3. The van der Waals surface area contributed by atoms with Gasteiger partial charge in [0.05, 0.1) is 6.04 Å². The Kier molecular flexibility index (Phi) is 6.75. The maximum Gasteiger partial charge on any atom is 0.241 e. The second kappa shape index (κ2) is 10.1. The number of hydrogen-bond donors (Lipinski definition) is 3. The van der Waals surface area contributed by atoms with Gasteiger partial charge < -0.3 is 20.7 Å². The van der Waals surface area contributed by atoms with Crippen LogP contribution in [0.5, 0.6) is 5.75 Å². The predicted octanol–water partition coefficient (Wildman–Crippen LogP) is 3.38. The first kappa shape index (κ1) is 20.1. The van der Waals surface area contributed by atoms with E-state index in [0.29, 0.717) is 19.1 Å². The lowest BCUT2D eigenvalue weighted by molar-refractivity contribution is -0.118. The topological polar surface area (TPSA) is 72.3 Å². The fourth-order valence-electron chi connectivity index (χ4n) is 3.22. The molecule has 3 aromatic carbocycles. The van der Waals surface area contributed by atoms with E-state index in [1.807, 2.05) is 84.9 Å². The van der Waals surface area contributed by atoms with Crippen molar-refractivity contribution in [1.82, 2.24) is 10.6 Å². The average molecular weight is 402 g/mol. The molecule has 1 aliphatic heterocycles. The molecule has 3 aromatic rings. The van der Waals surface area contributed by atoms with Crippen LogP contribution in [-0.4, -0.2) is 31.1 Å². The molecule has 2 atom stereocenters. The van der Waals surface area contributed by atoms with E-state index in [0.717, 1.165) is 35.7 Å². The standard InChI is InChI=1S/C25H27N3O2/c29-25(28-21-9-5-2-6-10-21)24(27-17-22-16-26-22)15-19-11-13-23(14-12-19)30-18-20-7-3-1-4-8-20/h1-14,22,24,26-27H,15-18H2,(H,28,29)/t22-,24-/m0/s1. The third-order valence-electron chi connectivity index (χ3n) is 5.07. The number of para-hydroxylation sites is 1. The highest BCUT2D eigenvalue weighted by molar-refractivity contribution is 5.95. The van der Waals surface area contributed by atoms with Gasteiger partial charge in [0.2, 0.25) is 5.91 Å². The summed E-state index contributed by atoms with van der Waals surface area (Å²) >= 11 is 0. The van der Waals surface area contributed by atoms with Crippen molar-refractivity contribution in [2.75, 3.05) is 18.4 Å². The van der Waals surface area contributed by atoms with Gasteiger partial charge in [0, 0.05) is 24.8 Å². The molecule has 30 heavy (non-hydrogen) atoms. The Labute approximate surface area is 177 Å². The van der Waals surface area contributed by atoms with Gasteiger partial charge in [-0.3, -0.25) is 4.79 Å². The summed E-state index contributed by atoms with van der Waals surface area (Å²) in [4.78, 5) is 12.9. The van der Waals surface area contributed by atoms with E-state index in [1.54, 1.807) is 0 Å². The number of amides is 1. The van der Waals surface area contributed by atoms with Crippen molar-refractivity contribution in [3.8, 4) is 5.75 Å². The molecule has 154 valence electrons. The first-order valence-electron chi connectivity index (χ1n) is 10.3. The minimum Gasteiger partial charge on any atom is -0.489 e. The Bertz CT molecular complexity index is 926. The Morgan fingerprint density at radius 2 is 1.60 bits per heavy atom. The van der Waals surface area contributed by atoms with Crippen LogP contribution in [0.25, 0.3) is 0 Å². The number of rotatable bonds is 10. The number of carbonyl (C=O) groups is 1. The van der Waals surface area contributed by atoms with Crippen LogP contribution in [-0.2, 0) is 17.8 Å². The van der Waals surface area contributed by atoms with Gasteiger partial charge in [-0.15, -0.1) is 0 Å². The zero-order valence-corrected chi connectivity index (χ0v) is 16.9. The summed E-state index contributed by atoms with van der Waals surface area (Å²) < 4.78 is 5.86. The molecule has 4 rings (SSSR count). The van der Waals surface area contributed by atoms with E-state index < -0.39 is 0 Å². The molecule has 0 aliphatic carbocycles. The van der Waals surface area contributed by atoms with Crippen LogP contribution >= 0.6 is 0 Å². The molecule has 1 amide bonds. The molecule has 1 saturated heterocycles. The minimum atomic E-state index is -0.302. The van der Waals surface area contributed by atoms with E-state index in [9.17, 15) is 4.79 Å². The van der Waals surface area contributed by atoms with Crippen LogP contribution in [0.15, 0.2) is 84.9 Å². The van der Waals surface area contributed by atoms with E-state index in [2.05, 4.69) is 16.0 Å². The van der Waals surface area contributed by atoms with Gasteiger partial charge in [0.1, 0.15) is 12.4 Å². The van der Waals surface area contributed by atoms with Gasteiger partial charge in [0.15, 0.2) is 0 Å². The number of hydrogen-bond acceptors (Lipinski definition) is 4. The quantitative estimate of drug-likeness (QED) is 0.456. The van der Waals surface area contributed by atoms with Crippen molar-refractivity contribution in [2.45, 2.75) is 25.1 Å². The second-order valence-electron chi connectivity index (χ2n) is 7.54. The van der Waals surface area contributed by atoms with E-state index in [1.165, 1.54) is 0 Å². The predicted molar refractivity (Wildman–Crippen MR) is 120 cm³/mol. The van der Waals surface area contributed by atoms with Gasteiger partial charge >= 0.3 is 0 Å². The molecule has 0 spiro atoms. The number of anilines is 1. The normalized spacial score (nSPS) is 15.9. The van der Waals surface area contributed by atoms with Crippen LogP contribution in [0, 0.1) is 0 Å². The van der Waals surface area contributed by atoms with E-state index in [-0.39, 0.29) is 11.9 Å². The summed E-state index contributed by atoms with van der Waals surface area (Å²) in [6.45, 7) is 2.33. The monoisotopic (exact) mass is 401 g/mol. The molecule has 0 aromatic heterocycles. The van der Waals surface area contributed by atoms with Crippen molar-refractivity contribution in [3.05, 3.63) is 96.1 Å². The molecular weight excluding hydrogens is 374 g/mol. The summed E-state index contributed by atoms with van der Waals surface area (Å²) in [7, 11) is 0. The zero-order valence-electron chi connectivity index (χ0n) is 16.9. The van der Waals surface area contributed by atoms with Crippen molar-refractivity contribution in [3.63, 3.8) is 0 Å². The molecule has 5 heteroatoms. The number of benzene rings is 3. The molecule has 1 heterocycles. The fourth-order valence-corrected chi connectivity index (χ4v) is 3.22. The molecular formula is C25H27N3O2. The second-order valence-corrected chi connectivity index (χ2v) is 7.54. The SMILES string of the molecule is O=C(Nc1ccccc1)[C@H](Cc1ccc(OCc2ccccc2)cc1)NC[C@@H]1CN1. The molecule has 1 aliphatic rings. The van der Waals surface area contributed by atoms with Crippen LogP contribution in [0.3, 0.4) is 0 Å². The Morgan fingerprint density at radius 1 is 0.933 bits per heavy atom. The maximum atomic E-state index is 12.9. The van der Waals surface area contributed by atoms with E-state index in [4.69, 9.17) is 4.74 Å². The molecule has 0 saturated carbocycles. The van der Waals surface area contributed by atoms with Crippen LogP contribution in [0.1, 0.15) is 11.1 Å². The van der Waals surface area contributed by atoms with Crippen molar-refractivity contribution in [1.29, 1.82) is 0 Å². The van der Waals surface area contributed by atoms with Crippen LogP contribution in [0.4, 0.5) is 5.69 Å². The summed E-state index contributed by atoms with van der Waals surface area (Å²) in [5.41, 5.74) is 3.03. The highest BCUT2D eigenvalue weighted by Gasteiger charge is 2.24. The Balaban J connectivity index is 1.35. The van der Waals surface area contributed by atoms with Crippen LogP contribution < -0.4 is 20.7 Å². The van der Waals surface area contributed by atoms with Gasteiger partial charge in [-0.25, -0.2) is 0 Å². The molecule has 1 fully saturated rings. The lowest BCUT2D eigenvalue weighted by Crippen LogP contribution is -2.44. The molecule has 0 unspecified atom stereocenters. The van der Waals surface area contributed by atoms with Crippen molar-refractivity contribution in [2.24, 2.45) is 0 Å². The Hall–Kier alpha value is -3.15. The highest BCUT2D eigenvalue weighted by Crippen LogP contribution is 2.16. The van der Waals surface area contributed by atoms with Gasteiger partial charge in [-0.05, 0) is 41.8 Å². The summed E-state index contributed by atoms with van der Waals surface area (Å²) in [5, 5.41) is 9.68. The van der Waals surface area contributed by atoms with E-state index >= 15 is 0 Å². The third-order valence-corrected chi connectivity index (χ3v) is 5.07. The summed E-state index contributed by atoms with van der Waals surface area (Å²) in [5.74, 6) is 0.800. The summed E-state index contributed by atoms with van der Waals surface area (Å²) in [6.07, 6.45) is 0.615. The maximum absolute atomic E-state index is 12.9. The zero-order chi connectivity index (χ0) is 20.6. The lowest BCUT2D eigenvalue weighted by Gasteiger charge is -2.19. The van der Waals surface area contributed by atoms with Crippen LogP contribution in [0.2, 0.25) is 0 Å². The summed E-state index contributed by atoms with van der Waals surface area (Å²) in [6, 6.07) is 27.8. The smallest absolute Gasteiger partial charge is 0.241 e. The first-order chi connectivity index (χ1) is 14.8. The first-order valence-corrected chi connectivity index (χ1v) is 10.3. The third kappa shape index (κ3) is 6.17. The molecule has 0 radical (unpaired) electrons. The van der Waals surface area contributed by atoms with Gasteiger partial charge in [0.25, 0.3) is 0 Å². The highest BCUT2D eigenvalue weighted by atomic mass is 16.5. The lowest BCUT2D eigenvalue weighted by atomic mass is 10.0. The molecule has 0 bridgehead atoms. The average Bonchev–Trinajstić information content (AvgIpc) is 3.62. The number of ether oxygens (including phenoxy) is 1.